The van der Waals surface area contributed by atoms with Gasteiger partial charge in [-0.15, -0.1) is 5.10 Å². The third-order valence-electron chi connectivity index (χ3n) is 2.93. The number of rotatable bonds is 3. The summed E-state index contributed by atoms with van der Waals surface area (Å²) in [5.74, 6) is -1.27. The third kappa shape index (κ3) is 2.45. The Kier molecular flexibility index (Phi) is 3.06. The average molecular weight is 274 g/mol. The highest BCUT2D eigenvalue weighted by Crippen LogP contribution is 2.11. The van der Waals surface area contributed by atoms with Crippen LogP contribution in [0.1, 0.15) is 11.1 Å². The number of aromatic nitrogens is 3. The van der Waals surface area contributed by atoms with E-state index in [0.717, 1.165) is 23.3 Å². The van der Waals surface area contributed by atoms with E-state index in [1.165, 1.54) is 6.07 Å². The van der Waals surface area contributed by atoms with Gasteiger partial charge in [-0.05, 0) is 42.3 Å². The Balaban J connectivity index is 1.77. The maximum Gasteiger partial charge on any atom is 0.243 e. The number of benzene rings is 1. The third-order valence-corrected chi connectivity index (χ3v) is 2.93. The van der Waals surface area contributed by atoms with Crippen LogP contribution in [-0.2, 0) is 6.54 Å². The summed E-state index contributed by atoms with van der Waals surface area (Å²) in [5.41, 5.74) is 2.45. The summed E-state index contributed by atoms with van der Waals surface area (Å²) >= 11 is 0. The van der Waals surface area contributed by atoms with Gasteiger partial charge in [0.15, 0.2) is 17.3 Å². The topological polar surface area (TPSA) is 42.2 Å². The van der Waals surface area contributed by atoms with Crippen LogP contribution in [0.3, 0.4) is 0 Å². The highest BCUT2D eigenvalue weighted by molar-refractivity contribution is 5.45. The van der Waals surface area contributed by atoms with Gasteiger partial charge in [0, 0.05) is 12.7 Å². The van der Waals surface area contributed by atoms with Crippen LogP contribution in [0, 0.1) is 18.6 Å². The Morgan fingerprint density at radius 1 is 1.15 bits per heavy atom. The fourth-order valence-electron chi connectivity index (χ4n) is 1.89. The summed E-state index contributed by atoms with van der Waals surface area (Å²) in [5, 5.41) is 7.22. The van der Waals surface area contributed by atoms with Crippen molar-refractivity contribution in [2.75, 3.05) is 5.32 Å². The van der Waals surface area contributed by atoms with Crippen LogP contribution >= 0.6 is 0 Å². The van der Waals surface area contributed by atoms with Crippen molar-refractivity contribution in [3.05, 3.63) is 59.3 Å². The molecule has 0 spiro atoms. The summed E-state index contributed by atoms with van der Waals surface area (Å²) < 4.78 is 27.5. The maximum absolute atomic E-state index is 13.1. The second-order valence-electron chi connectivity index (χ2n) is 4.54. The van der Waals surface area contributed by atoms with Crippen molar-refractivity contribution in [3.63, 3.8) is 0 Å². The molecule has 0 unspecified atom stereocenters. The molecule has 0 fully saturated rings. The molecule has 0 radical (unpaired) electrons. The van der Waals surface area contributed by atoms with Crippen molar-refractivity contribution in [2.24, 2.45) is 0 Å². The Labute approximate surface area is 114 Å². The standard InChI is InChI=1S/C14H12F2N4/c1-9-4-5-20-13(6-9)18-14(19-20)17-8-10-2-3-11(15)12(16)7-10/h2-7H,8H2,1H3,(H,17,19). The van der Waals surface area contributed by atoms with Gasteiger partial charge >= 0.3 is 0 Å². The lowest BCUT2D eigenvalue weighted by Gasteiger charge is -2.02. The minimum Gasteiger partial charge on any atom is -0.349 e. The van der Waals surface area contributed by atoms with Crippen molar-refractivity contribution >= 4 is 11.6 Å². The van der Waals surface area contributed by atoms with E-state index in [1.54, 1.807) is 4.52 Å². The Bertz CT molecular complexity index is 767. The van der Waals surface area contributed by atoms with Crippen molar-refractivity contribution < 1.29 is 8.78 Å². The van der Waals surface area contributed by atoms with Gasteiger partial charge in [0.05, 0.1) is 0 Å². The van der Waals surface area contributed by atoms with Gasteiger partial charge in [-0.3, -0.25) is 0 Å². The number of hydrogen-bond donors (Lipinski definition) is 1. The minimum absolute atomic E-state index is 0.326. The first kappa shape index (κ1) is 12.5. The number of anilines is 1. The van der Waals surface area contributed by atoms with Crippen LogP contribution in [-0.4, -0.2) is 14.6 Å². The zero-order chi connectivity index (χ0) is 14.1. The van der Waals surface area contributed by atoms with Crippen LogP contribution in [0.2, 0.25) is 0 Å². The molecule has 0 aliphatic rings. The van der Waals surface area contributed by atoms with E-state index in [-0.39, 0.29) is 0 Å². The quantitative estimate of drug-likeness (QED) is 0.798. The van der Waals surface area contributed by atoms with Gasteiger partial charge < -0.3 is 5.32 Å². The second-order valence-corrected chi connectivity index (χ2v) is 4.54. The van der Waals surface area contributed by atoms with E-state index in [4.69, 9.17) is 0 Å². The lowest BCUT2D eigenvalue weighted by Crippen LogP contribution is -2.02. The van der Waals surface area contributed by atoms with Gasteiger partial charge in [0.25, 0.3) is 0 Å². The van der Waals surface area contributed by atoms with Gasteiger partial charge in [-0.2, -0.15) is 4.98 Å². The van der Waals surface area contributed by atoms with Crippen LogP contribution in [0.15, 0.2) is 36.5 Å². The molecule has 2 aromatic heterocycles. The Morgan fingerprint density at radius 3 is 2.80 bits per heavy atom. The maximum atomic E-state index is 13.1. The molecule has 0 bridgehead atoms. The number of fused-ring (bicyclic) bond motifs is 1. The minimum atomic E-state index is -0.858. The molecule has 0 saturated carbocycles. The number of nitrogens with zero attached hydrogens (tertiary/aromatic N) is 3. The zero-order valence-corrected chi connectivity index (χ0v) is 10.8. The summed E-state index contributed by atoms with van der Waals surface area (Å²) in [6, 6.07) is 7.62. The average Bonchev–Trinajstić information content (AvgIpc) is 2.82. The van der Waals surface area contributed by atoms with E-state index in [0.29, 0.717) is 18.1 Å². The fraction of sp³-hybridized carbons (Fsp3) is 0.143. The predicted molar refractivity (Wildman–Crippen MR) is 71.4 cm³/mol. The molecule has 3 rings (SSSR count). The summed E-state index contributed by atoms with van der Waals surface area (Å²) in [4.78, 5) is 4.30. The molecule has 0 amide bonds. The van der Waals surface area contributed by atoms with E-state index in [9.17, 15) is 8.78 Å². The molecule has 0 aliphatic carbocycles. The van der Waals surface area contributed by atoms with E-state index in [1.807, 2.05) is 25.3 Å². The Hall–Kier alpha value is -2.50. The van der Waals surface area contributed by atoms with Crippen LogP contribution in [0.5, 0.6) is 0 Å². The van der Waals surface area contributed by atoms with E-state index >= 15 is 0 Å². The fourth-order valence-corrected chi connectivity index (χ4v) is 1.89. The number of pyridine rings is 1. The summed E-state index contributed by atoms with van der Waals surface area (Å²) in [7, 11) is 0. The molecule has 102 valence electrons. The van der Waals surface area contributed by atoms with Gasteiger partial charge in [-0.1, -0.05) is 6.07 Å². The zero-order valence-electron chi connectivity index (χ0n) is 10.8. The van der Waals surface area contributed by atoms with Crippen molar-refractivity contribution in [3.8, 4) is 0 Å². The van der Waals surface area contributed by atoms with Crippen molar-refractivity contribution in [1.29, 1.82) is 0 Å². The summed E-state index contributed by atoms with van der Waals surface area (Å²) in [6.07, 6.45) is 1.82. The molecular weight excluding hydrogens is 262 g/mol. The largest absolute Gasteiger partial charge is 0.349 e. The number of halogens is 2. The lowest BCUT2D eigenvalue weighted by molar-refractivity contribution is 0.507. The first-order chi connectivity index (χ1) is 9.61. The molecule has 4 nitrogen and oxygen atoms in total. The SMILES string of the molecule is Cc1ccn2nc(NCc3ccc(F)c(F)c3)nc2c1. The monoisotopic (exact) mass is 274 g/mol. The first-order valence-corrected chi connectivity index (χ1v) is 6.13. The molecular formula is C14H12F2N4. The van der Waals surface area contributed by atoms with E-state index < -0.39 is 11.6 Å². The predicted octanol–water partition coefficient (Wildman–Crippen LogP) is 2.93. The van der Waals surface area contributed by atoms with Crippen LogP contribution < -0.4 is 5.32 Å². The molecule has 20 heavy (non-hydrogen) atoms. The molecule has 0 atom stereocenters. The van der Waals surface area contributed by atoms with Gasteiger partial charge in [-0.25, -0.2) is 13.3 Å². The molecule has 0 aliphatic heterocycles. The normalized spacial score (nSPS) is 10.9. The van der Waals surface area contributed by atoms with Gasteiger partial charge in [0.2, 0.25) is 5.95 Å². The first-order valence-electron chi connectivity index (χ1n) is 6.13. The molecule has 6 heteroatoms. The summed E-state index contributed by atoms with van der Waals surface area (Å²) in [6.45, 7) is 2.30. The van der Waals surface area contributed by atoms with E-state index in [2.05, 4.69) is 15.4 Å². The second kappa shape index (κ2) is 4.88. The highest BCUT2D eigenvalue weighted by atomic mass is 19.2. The molecule has 3 aromatic rings. The highest BCUT2D eigenvalue weighted by Gasteiger charge is 2.05. The van der Waals surface area contributed by atoms with Crippen molar-refractivity contribution in [2.45, 2.75) is 13.5 Å². The van der Waals surface area contributed by atoms with Gasteiger partial charge in [0.1, 0.15) is 0 Å². The van der Waals surface area contributed by atoms with Crippen LogP contribution in [0.25, 0.3) is 5.65 Å². The van der Waals surface area contributed by atoms with Crippen molar-refractivity contribution in [1.82, 2.24) is 14.6 Å². The Morgan fingerprint density at radius 2 is 2.00 bits per heavy atom. The smallest absolute Gasteiger partial charge is 0.243 e. The number of aryl methyl sites for hydroxylation is 1. The number of nitrogens with one attached hydrogen (secondary N) is 1. The lowest BCUT2D eigenvalue weighted by atomic mass is 10.2. The van der Waals surface area contributed by atoms with Crippen LogP contribution in [0.4, 0.5) is 14.7 Å². The molecule has 1 aromatic carbocycles. The molecule has 2 heterocycles. The molecule has 1 N–H and O–H groups in total. The molecule has 0 saturated heterocycles. The number of hydrogen-bond acceptors (Lipinski definition) is 3.